The maximum Gasteiger partial charge on any atom is 0.227 e. The normalized spacial score (nSPS) is 14.2. The summed E-state index contributed by atoms with van der Waals surface area (Å²) in [5, 5.41) is 10.0. The highest BCUT2D eigenvalue weighted by molar-refractivity contribution is 5.99. The van der Waals surface area contributed by atoms with E-state index in [-0.39, 0.29) is 5.91 Å². The Morgan fingerprint density at radius 1 is 1.17 bits per heavy atom. The molecule has 0 aliphatic carbocycles. The highest BCUT2D eigenvalue weighted by Crippen LogP contribution is 2.38. The second kappa shape index (κ2) is 11.4. The number of hydrogen-bond acceptors (Lipinski definition) is 5. The smallest absolute Gasteiger partial charge is 0.227 e. The summed E-state index contributed by atoms with van der Waals surface area (Å²) in [4.78, 5) is 21.8. The summed E-state index contributed by atoms with van der Waals surface area (Å²) in [6.45, 7) is 8.37. The van der Waals surface area contributed by atoms with Gasteiger partial charge in [0.1, 0.15) is 0 Å². The summed E-state index contributed by atoms with van der Waals surface area (Å²) in [6.07, 6.45) is 9.72. The third-order valence-corrected chi connectivity index (χ3v) is 6.40. The summed E-state index contributed by atoms with van der Waals surface area (Å²) in [6, 6.07) is 15.7. The largest absolute Gasteiger partial charge is 0.494 e. The van der Waals surface area contributed by atoms with Crippen molar-refractivity contribution in [3.8, 4) is 22.9 Å². The van der Waals surface area contributed by atoms with E-state index in [1.54, 1.807) is 13.2 Å². The third-order valence-electron chi connectivity index (χ3n) is 6.40. The molecule has 36 heavy (non-hydrogen) atoms. The zero-order valence-electron chi connectivity index (χ0n) is 20.8. The molecule has 6 nitrogen and oxygen atoms in total. The van der Waals surface area contributed by atoms with Crippen LogP contribution in [0.2, 0.25) is 0 Å². The molecular weight excluding hydrogens is 448 g/mol. The maximum absolute atomic E-state index is 12.9. The summed E-state index contributed by atoms with van der Waals surface area (Å²) in [5.74, 6) is 0.899. The maximum atomic E-state index is 12.9. The van der Waals surface area contributed by atoms with Gasteiger partial charge in [0.05, 0.1) is 42.6 Å². The van der Waals surface area contributed by atoms with Crippen LogP contribution in [0.1, 0.15) is 18.9 Å². The zero-order chi connectivity index (χ0) is 25.5. The summed E-state index contributed by atoms with van der Waals surface area (Å²) in [7, 11) is 1.68. The molecule has 0 bridgehead atoms. The fourth-order valence-electron chi connectivity index (χ4n) is 4.61. The SMILES string of the molecule is C=C/C=C(\C=C/C)CC(=O)N1CCN(c2cnc3c(-c4ccc(C#N)cc4)cccc3c2OC)CC1. The highest BCUT2D eigenvalue weighted by Gasteiger charge is 2.24. The molecule has 182 valence electrons. The number of aromatic nitrogens is 1. The van der Waals surface area contributed by atoms with Crippen molar-refractivity contribution in [1.82, 2.24) is 9.88 Å². The van der Waals surface area contributed by atoms with Crippen LogP contribution >= 0.6 is 0 Å². The molecule has 2 aromatic carbocycles. The average molecular weight is 479 g/mol. The van der Waals surface area contributed by atoms with Gasteiger partial charge in [-0.2, -0.15) is 5.26 Å². The van der Waals surface area contributed by atoms with Gasteiger partial charge in [-0.05, 0) is 36.3 Å². The van der Waals surface area contributed by atoms with Gasteiger partial charge in [-0.3, -0.25) is 9.78 Å². The van der Waals surface area contributed by atoms with Gasteiger partial charge < -0.3 is 14.5 Å². The molecule has 0 N–H and O–H groups in total. The number of benzene rings is 2. The van der Waals surface area contributed by atoms with Crippen LogP contribution in [-0.4, -0.2) is 49.1 Å². The molecule has 0 radical (unpaired) electrons. The fourth-order valence-corrected chi connectivity index (χ4v) is 4.61. The number of anilines is 1. The van der Waals surface area contributed by atoms with Crippen molar-refractivity contribution < 1.29 is 9.53 Å². The lowest BCUT2D eigenvalue weighted by molar-refractivity contribution is -0.130. The number of rotatable bonds is 7. The van der Waals surface area contributed by atoms with Crippen molar-refractivity contribution in [2.75, 3.05) is 38.2 Å². The minimum Gasteiger partial charge on any atom is -0.494 e. The van der Waals surface area contributed by atoms with Crippen molar-refractivity contribution in [3.63, 3.8) is 0 Å². The predicted molar refractivity (Wildman–Crippen MR) is 145 cm³/mol. The van der Waals surface area contributed by atoms with Crippen LogP contribution in [0.25, 0.3) is 22.0 Å². The van der Waals surface area contributed by atoms with Crippen LogP contribution in [0.5, 0.6) is 5.75 Å². The summed E-state index contributed by atoms with van der Waals surface area (Å²) >= 11 is 0. The van der Waals surface area contributed by atoms with E-state index in [2.05, 4.69) is 17.5 Å². The lowest BCUT2D eigenvalue weighted by atomic mass is 10.00. The quantitative estimate of drug-likeness (QED) is 0.419. The molecule has 1 aliphatic rings. The average Bonchev–Trinajstić information content (AvgIpc) is 2.92. The van der Waals surface area contributed by atoms with E-state index in [1.165, 1.54) is 0 Å². The number of methoxy groups -OCH3 is 1. The van der Waals surface area contributed by atoms with E-state index >= 15 is 0 Å². The van der Waals surface area contributed by atoms with Crippen LogP contribution in [0.4, 0.5) is 5.69 Å². The molecule has 0 unspecified atom stereocenters. The Bertz CT molecular complexity index is 1360. The van der Waals surface area contributed by atoms with Gasteiger partial charge in [-0.15, -0.1) is 0 Å². The zero-order valence-corrected chi connectivity index (χ0v) is 20.8. The van der Waals surface area contributed by atoms with E-state index in [4.69, 9.17) is 15.0 Å². The van der Waals surface area contributed by atoms with Gasteiger partial charge in [0, 0.05) is 37.1 Å². The Balaban J connectivity index is 1.56. The first-order valence-corrected chi connectivity index (χ1v) is 12.0. The third kappa shape index (κ3) is 5.16. The minimum absolute atomic E-state index is 0.122. The van der Waals surface area contributed by atoms with Crippen molar-refractivity contribution in [2.45, 2.75) is 13.3 Å². The van der Waals surface area contributed by atoms with E-state index in [1.807, 2.05) is 78.7 Å². The van der Waals surface area contributed by atoms with Crippen molar-refractivity contribution in [1.29, 1.82) is 5.26 Å². The molecule has 0 atom stereocenters. The van der Waals surface area contributed by atoms with Crippen LogP contribution in [-0.2, 0) is 4.79 Å². The number of pyridine rings is 1. The number of piperazine rings is 1. The number of fused-ring (bicyclic) bond motifs is 1. The molecule has 1 amide bonds. The summed E-state index contributed by atoms with van der Waals surface area (Å²) in [5.41, 5.74) is 5.34. The van der Waals surface area contributed by atoms with E-state index in [0.29, 0.717) is 38.2 Å². The second-order valence-corrected chi connectivity index (χ2v) is 8.59. The monoisotopic (exact) mass is 478 g/mol. The summed E-state index contributed by atoms with van der Waals surface area (Å²) < 4.78 is 5.89. The second-order valence-electron chi connectivity index (χ2n) is 8.59. The molecular formula is C30H30N4O2. The number of carbonyl (C=O) groups excluding carboxylic acids is 1. The van der Waals surface area contributed by atoms with Crippen LogP contribution in [0.15, 0.2) is 85.1 Å². The molecule has 2 heterocycles. The molecule has 0 spiro atoms. The Labute approximate surface area is 212 Å². The number of carbonyl (C=O) groups is 1. The number of hydrogen-bond donors (Lipinski definition) is 0. The topological polar surface area (TPSA) is 69.5 Å². The Kier molecular flexibility index (Phi) is 7.82. The van der Waals surface area contributed by atoms with Gasteiger partial charge in [-0.1, -0.05) is 55.1 Å². The van der Waals surface area contributed by atoms with Gasteiger partial charge in [-0.25, -0.2) is 0 Å². The first kappa shape index (κ1) is 24.7. The van der Waals surface area contributed by atoms with E-state index in [0.717, 1.165) is 39.0 Å². The predicted octanol–water partition coefficient (Wildman–Crippen LogP) is 5.51. The molecule has 1 aliphatic heterocycles. The lowest BCUT2D eigenvalue weighted by Gasteiger charge is -2.36. The standard InChI is InChI=1S/C30H30N4O2/c1-4-7-22(8-5-2)19-28(35)34-17-15-33(16-18-34)27-21-32-29-25(9-6-10-26(29)30(27)36-3)24-13-11-23(20-31)12-14-24/h4-14,21H,1,15-19H2,2-3H3/b8-5-,22-7+. The number of amides is 1. The number of allylic oxidation sites excluding steroid dienone is 4. The van der Waals surface area contributed by atoms with Gasteiger partial charge in [0.25, 0.3) is 0 Å². The number of para-hydroxylation sites is 1. The first-order chi connectivity index (χ1) is 17.6. The molecule has 1 aromatic heterocycles. The van der Waals surface area contributed by atoms with E-state index < -0.39 is 0 Å². The van der Waals surface area contributed by atoms with Crippen LogP contribution in [0, 0.1) is 11.3 Å². The lowest BCUT2D eigenvalue weighted by Crippen LogP contribution is -2.49. The first-order valence-electron chi connectivity index (χ1n) is 12.0. The Morgan fingerprint density at radius 3 is 2.56 bits per heavy atom. The van der Waals surface area contributed by atoms with Gasteiger partial charge in [0.2, 0.25) is 5.91 Å². The molecule has 3 aromatic rings. The van der Waals surface area contributed by atoms with Crippen molar-refractivity contribution >= 4 is 22.5 Å². The Morgan fingerprint density at radius 2 is 1.92 bits per heavy atom. The molecule has 4 rings (SSSR count). The van der Waals surface area contributed by atoms with Gasteiger partial charge >= 0.3 is 0 Å². The highest BCUT2D eigenvalue weighted by atomic mass is 16.5. The molecule has 1 saturated heterocycles. The molecule has 6 heteroatoms. The number of nitrogens with zero attached hydrogens (tertiary/aromatic N) is 4. The van der Waals surface area contributed by atoms with Gasteiger partial charge in [0.15, 0.2) is 5.75 Å². The fraction of sp³-hybridized carbons (Fsp3) is 0.233. The van der Waals surface area contributed by atoms with E-state index in [9.17, 15) is 4.79 Å². The number of ether oxygens (including phenoxy) is 1. The van der Waals surface area contributed by atoms with Crippen molar-refractivity contribution in [3.05, 3.63) is 90.7 Å². The van der Waals surface area contributed by atoms with Crippen LogP contribution in [0.3, 0.4) is 0 Å². The minimum atomic E-state index is 0.122. The molecule has 1 fully saturated rings. The molecule has 0 saturated carbocycles. The van der Waals surface area contributed by atoms with Crippen LogP contribution < -0.4 is 9.64 Å². The number of nitriles is 1. The van der Waals surface area contributed by atoms with Crippen molar-refractivity contribution in [2.24, 2.45) is 0 Å². The Hall–Kier alpha value is -4.37.